The van der Waals surface area contributed by atoms with Crippen molar-refractivity contribution in [1.82, 2.24) is 15.3 Å². The van der Waals surface area contributed by atoms with E-state index in [4.69, 9.17) is 4.74 Å². The Balaban J connectivity index is 1.32. The van der Waals surface area contributed by atoms with Gasteiger partial charge in [-0.05, 0) is 30.7 Å². The number of carbonyl (C=O) groups excluding carboxylic acids is 1. The summed E-state index contributed by atoms with van der Waals surface area (Å²) in [6.45, 7) is 1.03. The third-order valence-corrected chi connectivity index (χ3v) is 3.69. The van der Waals surface area contributed by atoms with Crippen LogP contribution in [0.4, 0.5) is 0 Å². The molecule has 1 amide bonds. The number of hydrogen-bond acceptors (Lipinski definition) is 3. The summed E-state index contributed by atoms with van der Waals surface area (Å²) in [6.07, 6.45) is 2.03. The van der Waals surface area contributed by atoms with Gasteiger partial charge in [-0.2, -0.15) is 0 Å². The van der Waals surface area contributed by atoms with Crippen LogP contribution in [-0.2, 0) is 11.2 Å². The van der Waals surface area contributed by atoms with Crippen molar-refractivity contribution >= 4 is 16.9 Å². The summed E-state index contributed by atoms with van der Waals surface area (Å²) in [5, 5.41) is 2.91. The number of imidazole rings is 1. The van der Waals surface area contributed by atoms with Crippen molar-refractivity contribution in [3.63, 3.8) is 0 Å². The van der Waals surface area contributed by atoms with Gasteiger partial charge in [0.15, 0.2) is 0 Å². The predicted molar refractivity (Wildman–Crippen MR) is 94.0 cm³/mol. The highest BCUT2D eigenvalue weighted by molar-refractivity contribution is 5.76. The molecular formula is C19H21N3O2. The van der Waals surface area contributed by atoms with Crippen molar-refractivity contribution < 1.29 is 9.53 Å². The lowest BCUT2D eigenvalue weighted by atomic mass is 10.3. The second-order valence-electron chi connectivity index (χ2n) is 5.57. The zero-order chi connectivity index (χ0) is 16.6. The number of carbonyl (C=O) groups is 1. The van der Waals surface area contributed by atoms with Gasteiger partial charge >= 0.3 is 0 Å². The topological polar surface area (TPSA) is 67.0 Å². The van der Waals surface area contributed by atoms with Gasteiger partial charge in [0.2, 0.25) is 5.91 Å². The Kier molecular flexibility index (Phi) is 5.45. The van der Waals surface area contributed by atoms with Gasteiger partial charge in [0, 0.05) is 13.0 Å². The number of H-pyrrole nitrogens is 1. The highest BCUT2D eigenvalue weighted by atomic mass is 16.5. The Morgan fingerprint density at radius 2 is 1.88 bits per heavy atom. The third kappa shape index (κ3) is 4.59. The number of amides is 1. The molecule has 3 aromatic rings. The molecule has 0 atom stereocenters. The third-order valence-electron chi connectivity index (χ3n) is 3.69. The van der Waals surface area contributed by atoms with E-state index < -0.39 is 0 Å². The molecule has 0 radical (unpaired) electrons. The Hall–Kier alpha value is -2.82. The molecule has 0 aliphatic carbocycles. The molecule has 0 saturated carbocycles. The van der Waals surface area contributed by atoms with Gasteiger partial charge in [0.25, 0.3) is 0 Å². The average molecular weight is 323 g/mol. The molecule has 0 aliphatic rings. The van der Waals surface area contributed by atoms with Gasteiger partial charge in [-0.3, -0.25) is 4.79 Å². The number of fused-ring (bicyclic) bond motifs is 1. The lowest BCUT2D eigenvalue weighted by Crippen LogP contribution is -2.26. The van der Waals surface area contributed by atoms with Crippen LogP contribution >= 0.6 is 0 Å². The maximum absolute atomic E-state index is 11.8. The second-order valence-corrected chi connectivity index (χ2v) is 5.57. The van der Waals surface area contributed by atoms with Crippen LogP contribution in [0.1, 0.15) is 18.7 Å². The van der Waals surface area contributed by atoms with E-state index in [-0.39, 0.29) is 5.91 Å². The molecule has 0 spiro atoms. The molecule has 0 aliphatic heterocycles. The standard InChI is InChI=1S/C19H21N3O2/c23-19(12-14-24-15-7-2-1-3-8-15)20-13-6-11-18-21-16-9-4-5-10-17(16)22-18/h1-5,7-10H,6,11-14H2,(H,20,23)(H,21,22). The minimum atomic E-state index is 0.00976. The molecule has 124 valence electrons. The largest absolute Gasteiger partial charge is 0.493 e. The number of benzene rings is 2. The summed E-state index contributed by atoms with van der Waals surface area (Å²) in [4.78, 5) is 19.6. The summed E-state index contributed by atoms with van der Waals surface area (Å²) in [6, 6.07) is 17.5. The fourth-order valence-corrected chi connectivity index (χ4v) is 2.47. The summed E-state index contributed by atoms with van der Waals surface area (Å²) in [7, 11) is 0. The van der Waals surface area contributed by atoms with Crippen LogP contribution in [0.5, 0.6) is 5.75 Å². The number of para-hydroxylation sites is 3. The zero-order valence-corrected chi connectivity index (χ0v) is 13.5. The van der Waals surface area contributed by atoms with Crippen molar-refractivity contribution in [3.05, 3.63) is 60.4 Å². The first kappa shape index (κ1) is 16.1. The van der Waals surface area contributed by atoms with Crippen molar-refractivity contribution in [2.45, 2.75) is 19.3 Å². The zero-order valence-electron chi connectivity index (χ0n) is 13.5. The van der Waals surface area contributed by atoms with Crippen LogP contribution in [0, 0.1) is 0 Å². The monoisotopic (exact) mass is 323 g/mol. The number of nitrogens with one attached hydrogen (secondary N) is 2. The highest BCUT2D eigenvalue weighted by Crippen LogP contribution is 2.11. The summed E-state index contributed by atoms with van der Waals surface area (Å²) in [5.74, 6) is 1.75. The van der Waals surface area contributed by atoms with Gasteiger partial charge in [-0.1, -0.05) is 30.3 Å². The van der Waals surface area contributed by atoms with Gasteiger partial charge in [-0.25, -0.2) is 4.98 Å². The van der Waals surface area contributed by atoms with Crippen molar-refractivity contribution in [1.29, 1.82) is 0 Å². The minimum absolute atomic E-state index is 0.00976. The molecule has 5 nitrogen and oxygen atoms in total. The predicted octanol–water partition coefficient (Wildman–Crippen LogP) is 3.08. The molecule has 2 aromatic carbocycles. The number of aromatic nitrogens is 2. The molecule has 1 aromatic heterocycles. The number of nitrogens with zero attached hydrogens (tertiary/aromatic N) is 1. The van der Waals surface area contributed by atoms with Gasteiger partial charge < -0.3 is 15.0 Å². The van der Waals surface area contributed by atoms with Crippen LogP contribution in [0.15, 0.2) is 54.6 Å². The molecule has 3 rings (SSSR count). The molecule has 5 heteroatoms. The smallest absolute Gasteiger partial charge is 0.223 e. The normalized spacial score (nSPS) is 10.7. The molecular weight excluding hydrogens is 302 g/mol. The highest BCUT2D eigenvalue weighted by Gasteiger charge is 2.04. The maximum atomic E-state index is 11.8. The Morgan fingerprint density at radius 3 is 2.71 bits per heavy atom. The van der Waals surface area contributed by atoms with E-state index >= 15 is 0 Å². The SMILES string of the molecule is O=C(CCOc1ccccc1)NCCCc1nc2ccccc2[nH]1. The van der Waals surface area contributed by atoms with Crippen LogP contribution in [-0.4, -0.2) is 29.0 Å². The fourth-order valence-electron chi connectivity index (χ4n) is 2.47. The van der Waals surface area contributed by atoms with Crippen LogP contribution in [0.25, 0.3) is 11.0 Å². The molecule has 24 heavy (non-hydrogen) atoms. The first-order valence-electron chi connectivity index (χ1n) is 8.19. The quantitative estimate of drug-likeness (QED) is 0.626. The fraction of sp³-hybridized carbons (Fsp3) is 0.263. The molecule has 0 saturated heterocycles. The number of aryl methyl sites for hydroxylation is 1. The molecule has 0 unspecified atom stereocenters. The second kappa shape index (κ2) is 8.15. The summed E-state index contributed by atoms with van der Waals surface area (Å²) in [5.41, 5.74) is 2.03. The van der Waals surface area contributed by atoms with Crippen LogP contribution in [0.2, 0.25) is 0 Å². The van der Waals surface area contributed by atoms with Crippen molar-refractivity contribution in [2.75, 3.05) is 13.2 Å². The summed E-state index contributed by atoms with van der Waals surface area (Å²) >= 11 is 0. The first-order chi connectivity index (χ1) is 11.8. The molecule has 2 N–H and O–H groups in total. The lowest BCUT2D eigenvalue weighted by molar-refractivity contribution is -0.121. The van der Waals surface area contributed by atoms with Gasteiger partial charge in [-0.15, -0.1) is 0 Å². The van der Waals surface area contributed by atoms with E-state index in [1.807, 2.05) is 54.6 Å². The minimum Gasteiger partial charge on any atom is -0.493 e. The van der Waals surface area contributed by atoms with Gasteiger partial charge in [0.1, 0.15) is 11.6 Å². The van der Waals surface area contributed by atoms with Crippen LogP contribution < -0.4 is 10.1 Å². The van der Waals surface area contributed by atoms with E-state index in [1.54, 1.807) is 0 Å². The Bertz CT molecular complexity index is 750. The number of aromatic amines is 1. The maximum Gasteiger partial charge on any atom is 0.223 e. The lowest BCUT2D eigenvalue weighted by Gasteiger charge is -2.06. The molecule has 1 heterocycles. The van der Waals surface area contributed by atoms with Crippen molar-refractivity contribution in [3.8, 4) is 5.75 Å². The Morgan fingerprint density at radius 1 is 1.08 bits per heavy atom. The van der Waals surface area contributed by atoms with E-state index in [0.717, 1.165) is 35.4 Å². The molecule has 0 bridgehead atoms. The van der Waals surface area contributed by atoms with E-state index in [2.05, 4.69) is 15.3 Å². The van der Waals surface area contributed by atoms with Crippen molar-refractivity contribution in [2.24, 2.45) is 0 Å². The van der Waals surface area contributed by atoms with Crippen LogP contribution in [0.3, 0.4) is 0 Å². The van der Waals surface area contributed by atoms with E-state index in [9.17, 15) is 4.79 Å². The number of hydrogen-bond donors (Lipinski definition) is 2. The number of ether oxygens (including phenoxy) is 1. The Labute approximate surface area is 141 Å². The first-order valence-corrected chi connectivity index (χ1v) is 8.19. The van der Waals surface area contributed by atoms with E-state index in [0.29, 0.717) is 19.6 Å². The van der Waals surface area contributed by atoms with Gasteiger partial charge in [0.05, 0.1) is 24.1 Å². The average Bonchev–Trinajstić information content (AvgIpc) is 3.02. The molecule has 0 fully saturated rings. The number of rotatable bonds is 8. The van der Waals surface area contributed by atoms with E-state index in [1.165, 1.54) is 0 Å². The summed E-state index contributed by atoms with van der Waals surface area (Å²) < 4.78 is 5.51.